The molecule has 0 bridgehead atoms. The van der Waals surface area contributed by atoms with E-state index in [1.54, 1.807) is 0 Å². The monoisotopic (exact) mass is 395 g/mol. The molecule has 1 amide bonds. The highest BCUT2D eigenvalue weighted by molar-refractivity contribution is 7.87. The molecule has 0 unspecified atom stereocenters. The van der Waals surface area contributed by atoms with Crippen molar-refractivity contribution in [1.82, 2.24) is 5.32 Å². The Bertz CT molecular complexity index is 643. The molecule has 0 spiro atoms. The molecule has 8 nitrogen and oxygen atoms in total. The summed E-state index contributed by atoms with van der Waals surface area (Å²) in [5, 5.41) is 11.1. The minimum Gasteiger partial charge on any atom is -0.479 e. The van der Waals surface area contributed by atoms with Gasteiger partial charge in [-0.3, -0.25) is 4.18 Å². The summed E-state index contributed by atoms with van der Waals surface area (Å²) in [6.07, 6.45) is -7.86. The molecule has 0 aromatic heterocycles. The number of amides is 1. The Morgan fingerprint density at radius 2 is 1.72 bits per heavy atom. The van der Waals surface area contributed by atoms with Crippen LogP contribution in [0.2, 0.25) is 0 Å². The summed E-state index contributed by atoms with van der Waals surface area (Å²) in [5.74, 6) is -1.77. The Kier molecular flexibility index (Phi) is 5.65. The molecular weight excluding hydrogens is 378 g/mol. The van der Waals surface area contributed by atoms with E-state index in [0.29, 0.717) is 0 Å². The van der Waals surface area contributed by atoms with Crippen LogP contribution < -0.4 is 5.32 Å². The number of alkyl halides is 4. The van der Waals surface area contributed by atoms with E-state index in [-0.39, 0.29) is 0 Å². The Morgan fingerprint density at radius 1 is 1.20 bits per heavy atom. The van der Waals surface area contributed by atoms with E-state index in [9.17, 15) is 40.7 Å². The third-order valence-corrected chi connectivity index (χ3v) is 4.25. The van der Waals surface area contributed by atoms with Crippen molar-refractivity contribution in [2.45, 2.75) is 62.5 Å². The van der Waals surface area contributed by atoms with Gasteiger partial charge in [-0.05, 0) is 20.8 Å². The van der Waals surface area contributed by atoms with Crippen LogP contribution in [0.1, 0.15) is 33.6 Å². The van der Waals surface area contributed by atoms with Gasteiger partial charge in [0.25, 0.3) is 0 Å². The van der Waals surface area contributed by atoms with Crippen LogP contribution >= 0.6 is 0 Å². The number of ether oxygens (including phenoxy) is 1. The van der Waals surface area contributed by atoms with E-state index in [1.165, 1.54) is 20.8 Å². The van der Waals surface area contributed by atoms with Crippen molar-refractivity contribution in [3.63, 3.8) is 0 Å². The summed E-state index contributed by atoms with van der Waals surface area (Å²) in [7, 11) is -6.12. The van der Waals surface area contributed by atoms with Crippen molar-refractivity contribution >= 4 is 22.2 Å². The van der Waals surface area contributed by atoms with Crippen LogP contribution in [0.4, 0.5) is 22.4 Å². The molecule has 3 atom stereocenters. The van der Waals surface area contributed by atoms with Crippen LogP contribution in [0.5, 0.6) is 0 Å². The lowest BCUT2D eigenvalue weighted by molar-refractivity contribution is -0.145. The van der Waals surface area contributed by atoms with Gasteiger partial charge in [-0.2, -0.15) is 21.6 Å². The van der Waals surface area contributed by atoms with Crippen molar-refractivity contribution < 1.29 is 49.6 Å². The van der Waals surface area contributed by atoms with Crippen LogP contribution in [-0.4, -0.2) is 54.5 Å². The SMILES string of the molecule is CC(C)(C)OC(=O)N[C@]1(C(=O)O)C[C@@H](F)[C@H](OS(=O)(=O)C(F)(F)F)C1. The topological polar surface area (TPSA) is 119 Å². The molecular formula is C12H17F4NO7S. The second kappa shape index (κ2) is 6.59. The highest BCUT2D eigenvalue weighted by atomic mass is 32.2. The third-order valence-electron chi connectivity index (χ3n) is 3.18. The highest BCUT2D eigenvalue weighted by Crippen LogP contribution is 2.38. The fourth-order valence-electron chi connectivity index (χ4n) is 2.16. The maximum absolute atomic E-state index is 13.9. The summed E-state index contributed by atoms with van der Waals surface area (Å²) in [5.41, 5.74) is -9.18. The van der Waals surface area contributed by atoms with E-state index in [0.717, 1.165) is 0 Å². The van der Waals surface area contributed by atoms with Crippen LogP contribution in [0.3, 0.4) is 0 Å². The van der Waals surface area contributed by atoms with Crippen molar-refractivity contribution in [3.8, 4) is 0 Å². The zero-order chi connectivity index (χ0) is 19.8. The molecule has 146 valence electrons. The first-order valence-corrected chi connectivity index (χ1v) is 8.28. The first-order chi connectivity index (χ1) is 11.0. The second-order valence-electron chi connectivity index (χ2n) is 6.47. The number of halogens is 4. The molecule has 1 aliphatic rings. The molecule has 0 aliphatic heterocycles. The summed E-state index contributed by atoms with van der Waals surface area (Å²) in [6, 6.07) is 0. The Morgan fingerprint density at radius 3 is 2.12 bits per heavy atom. The number of nitrogens with one attached hydrogen (secondary N) is 1. The van der Waals surface area contributed by atoms with Crippen molar-refractivity contribution in [2.24, 2.45) is 0 Å². The fraction of sp³-hybridized carbons (Fsp3) is 0.833. The van der Waals surface area contributed by atoms with Crippen molar-refractivity contribution in [2.75, 3.05) is 0 Å². The highest BCUT2D eigenvalue weighted by Gasteiger charge is 2.57. The predicted molar refractivity (Wildman–Crippen MR) is 73.7 cm³/mol. The molecule has 1 fully saturated rings. The number of carboxylic acids is 1. The lowest BCUT2D eigenvalue weighted by Crippen LogP contribution is -2.54. The van der Waals surface area contributed by atoms with Gasteiger partial charge in [-0.15, -0.1) is 0 Å². The van der Waals surface area contributed by atoms with Gasteiger partial charge in [-0.25, -0.2) is 14.0 Å². The van der Waals surface area contributed by atoms with Gasteiger partial charge in [0.1, 0.15) is 23.4 Å². The normalized spacial score (nSPS) is 27.8. The van der Waals surface area contributed by atoms with Crippen LogP contribution in [0.25, 0.3) is 0 Å². The van der Waals surface area contributed by atoms with Crippen molar-refractivity contribution in [1.29, 1.82) is 0 Å². The zero-order valence-electron chi connectivity index (χ0n) is 13.4. The van der Waals surface area contributed by atoms with E-state index in [2.05, 4.69) is 4.18 Å². The molecule has 0 radical (unpaired) electrons. The number of hydrogen-bond acceptors (Lipinski definition) is 6. The molecule has 0 heterocycles. The van der Waals surface area contributed by atoms with Crippen LogP contribution in [0.15, 0.2) is 0 Å². The van der Waals surface area contributed by atoms with E-state index >= 15 is 0 Å². The average Bonchev–Trinajstić information content (AvgIpc) is 2.62. The minimum absolute atomic E-state index is 0.986. The van der Waals surface area contributed by atoms with Gasteiger partial charge in [0, 0.05) is 12.8 Å². The Balaban J connectivity index is 2.99. The number of carbonyl (C=O) groups is 2. The first-order valence-electron chi connectivity index (χ1n) is 6.87. The lowest BCUT2D eigenvalue weighted by Gasteiger charge is -2.28. The number of rotatable bonds is 4. The van der Waals surface area contributed by atoms with E-state index in [4.69, 9.17) is 4.74 Å². The van der Waals surface area contributed by atoms with Gasteiger partial charge < -0.3 is 15.2 Å². The molecule has 13 heteroatoms. The number of alkyl carbamates (subject to hydrolysis) is 1. The number of carboxylic acid groups (broad SMARTS) is 1. The Labute approximate surface area is 140 Å². The number of hydrogen-bond donors (Lipinski definition) is 2. The molecule has 0 aromatic rings. The molecule has 1 saturated carbocycles. The van der Waals surface area contributed by atoms with Gasteiger partial charge >= 0.3 is 27.7 Å². The molecule has 0 aromatic carbocycles. The van der Waals surface area contributed by atoms with Crippen LogP contribution in [-0.2, 0) is 23.8 Å². The predicted octanol–water partition coefficient (Wildman–Crippen LogP) is 1.70. The summed E-state index contributed by atoms with van der Waals surface area (Å²) >= 11 is 0. The van der Waals surface area contributed by atoms with E-state index < -0.39 is 63.9 Å². The summed E-state index contributed by atoms with van der Waals surface area (Å²) in [6.45, 7) is 4.40. The molecule has 1 aliphatic carbocycles. The molecule has 25 heavy (non-hydrogen) atoms. The molecule has 2 N–H and O–H groups in total. The zero-order valence-corrected chi connectivity index (χ0v) is 14.2. The molecule has 1 rings (SSSR count). The van der Waals surface area contributed by atoms with E-state index in [1.807, 2.05) is 5.32 Å². The van der Waals surface area contributed by atoms with Crippen LogP contribution in [0, 0.1) is 0 Å². The molecule has 0 saturated heterocycles. The maximum Gasteiger partial charge on any atom is 0.523 e. The van der Waals surface area contributed by atoms with Gasteiger partial charge in [-0.1, -0.05) is 0 Å². The maximum atomic E-state index is 13.9. The fourth-order valence-corrected chi connectivity index (χ4v) is 2.78. The first kappa shape index (κ1) is 21.4. The summed E-state index contributed by atoms with van der Waals surface area (Å²) < 4.78 is 81.4. The van der Waals surface area contributed by atoms with Gasteiger partial charge in [0.15, 0.2) is 0 Å². The quantitative estimate of drug-likeness (QED) is 0.422. The van der Waals surface area contributed by atoms with Gasteiger partial charge in [0.05, 0.1) is 0 Å². The number of carbonyl (C=O) groups excluding carboxylic acids is 1. The smallest absolute Gasteiger partial charge is 0.479 e. The summed E-state index contributed by atoms with van der Waals surface area (Å²) in [4.78, 5) is 23.1. The minimum atomic E-state index is -6.12. The Hall–Kier alpha value is -1.63. The largest absolute Gasteiger partial charge is 0.523 e. The number of aliphatic carboxylic acids is 1. The van der Waals surface area contributed by atoms with Crippen molar-refractivity contribution in [3.05, 3.63) is 0 Å². The average molecular weight is 395 g/mol. The lowest BCUT2D eigenvalue weighted by atomic mass is 9.98. The third kappa shape index (κ3) is 5.17. The second-order valence-corrected chi connectivity index (χ2v) is 8.04. The standard InChI is InChI=1S/C12H17F4NO7S/c1-10(2,3)23-9(20)17-11(8(18)19)4-6(13)7(5-11)24-25(21,22)12(14,15)16/h6-7H,4-5H2,1-3H3,(H,17,20)(H,18,19)/t6-,7-,11-/m1/s1. The van der Waals surface area contributed by atoms with Gasteiger partial charge in [0.2, 0.25) is 0 Å².